The van der Waals surface area contributed by atoms with Gasteiger partial charge in [-0.05, 0) is 37.0 Å². The van der Waals surface area contributed by atoms with Gasteiger partial charge in [-0.15, -0.1) is 0 Å². The topological polar surface area (TPSA) is 26.3 Å². The van der Waals surface area contributed by atoms with Crippen LogP contribution in [0.15, 0.2) is 24.3 Å². The van der Waals surface area contributed by atoms with Gasteiger partial charge in [-0.1, -0.05) is 90.2 Å². The summed E-state index contributed by atoms with van der Waals surface area (Å²) in [5.41, 5.74) is 0.628. The molecule has 1 atom stereocenters. The van der Waals surface area contributed by atoms with Crippen molar-refractivity contribution in [2.24, 2.45) is 5.92 Å². The highest BCUT2D eigenvalue weighted by atomic mass is 16.5. The summed E-state index contributed by atoms with van der Waals surface area (Å²) in [6.45, 7) is 5.07. The number of rotatable bonds is 15. The van der Waals surface area contributed by atoms with Gasteiger partial charge in [0.15, 0.2) is 0 Å². The van der Waals surface area contributed by atoms with Gasteiger partial charge >= 0.3 is 5.97 Å². The maximum absolute atomic E-state index is 12.1. The second-order valence-electron chi connectivity index (χ2n) is 7.16. The molecule has 141 valence electrons. The van der Waals surface area contributed by atoms with Gasteiger partial charge in [-0.2, -0.15) is 0 Å². The molecule has 2 heteroatoms. The van der Waals surface area contributed by atoms with Crippen LogP contribution in [0.3, 0.4) is 0 Å². The van der Waals surface area contributed by atoms with Crippen molar-refractivity contribution < 1.29 is 9.53 Å². The summed E-state index contributed by atoms with van der Waals surface area (Å²) in [4.78, 5) is 12.1. The average molecular weight is 346 g/mol. The lowest BCUT2D eigenvalue weighted by Gasteiger charge is -2.17. The van der Waals surface area contributed by atoms with Gasteiger partial charge in [0.05, 0.1) is 12.2 Å². The van der Waals surface area contributed by atoms with Crippen LogP contribution in [-0.4, -0.2) is 12.6 Å². The molecule has 0 fully saturated rings. The van der Waals surface area contributed by atoms with Gasteiger partial charge in [0.1, 0.15) is 0 Å². The molecule has 0 heterocycles. The molecule has 0 N–H and O–H groups in total. The van der Waals surface area contributed by atoms with E-state index in [9.17, 15) is 4.79 Å². The zero-order valence-electron chi connectivity index (χ0n) is 16.4. The van der Waals surface area contributed by atoms with E-state index in [0.29, 0.717) is 18.1 Å². The molecular weight excluding hydrogens is 308 g/mol. The van der Waals surface area contributed by atoms with Crippen LogP contribution < -0.4 is 0 Å². The summed E-state index contributed by atoms with van der Waals surface area (Å²) < 4.78 is 5.59. The van der Waals surface area contributed by atoms with Crippen molar-refractivity contribution in [2.45, 2.75) is 90.9 Å². The molecule has 0 saturated carbocycles. The summed E-state index contributed by atoms with van der Waals surface area (Å²) in [7, 11) is 0. The minimum absolute atomic E-state index is 0.199. The Morgan fingerprint density at radius 3 is 2.00 bits per heavy atom. The molecule has 0 aliphatic heterocycles. The van der Waals surface area contributed by atoms with Crippen molar-refractivity contribution in [2.75, 3.05) is 6.61 Å². The van der Waals surface area contributed by atoms with E-state index in [2.05, 4.69) is 19.9 Å². The van der Waals surface area contributed by atoms with Crippen molar-refractivity contribution in [3.8, 4) is 0 Å². The smallest absolute Gasteiger partial charge is 0.338 e. The molecule has 0 aliphatic carbocycles. The molecule has 0 aliphatic rings. The Morgan fingerprint density at radius 1 is 0.880 bits per heavy atom. The fraction of sp³-hybridized carbons (Fsp3) is 0.696. The van der Waals surface area contributed by atoms with Gasteiger partial charge in [0.2, 0.25) is 0 Å². The first kappa shape index (κ1) is 21.7. The molecule has 0 amide bonds. The maximum atomic E-state index is 12.1. The molecule has 1 aromatic carbocycles. The monoisotopic (exact) mass is 345 g/mol. The van der Waals surface area contributed by atoms with Crippen molar-refractivity contribution >= 4 is 5.97 Å². The lowest BCUT2D eigenvalue weighted by molar-refractivity contribution is 0.0422. The molecule has 1 aromatic rings. The lowest BCUT2D eigenvalue weighted by atomic mass is 9.95. The summed E-state index contributed by atoms with van der Waals surface area (Å²) >= 11 is 0. The van der Waals surface area contributed by atoms with Crippen LogP contribution in [0.25, 0.3) is 0 Å². The van der Waals surface area contributed by atoms with E-state index < -0.39 is 0 Å². The van der Waals surface area contributed by atoms with Crippen LogP contribution in [-0.2, 0) is 4.74 Å². The molecule has 0 bridgehead atoms. The Kier molecular flexibility index (Phi) is 13.0. The summed E-state index contributed by atoms with van der Waals surface area (Å²) in [6.07, 6.45) is 15.4. The molecule has 1 radical (unpaired) electrons. The zero-order chi connectivity index (χ0) is 18.2. The molecule has 1 unspecified atom stereocenters. The second-order valence-corrected chi connectivity index (χ2v) is 7.16. The van der Waals surface area contributed by atoms with Crippen molar-refractivity contribution in [3.05, 3.63) is 35.9 Å². The maximum Gasteiger partial charge on any atom is 0.338 e. The predicted molar refractivity (Wildman–Crippen MR) is 106 cm³/mol. The van der Waals surface area contributed by atoms with Gasteiger partial charge < -0.3 is 4.74 Å². The Balaban J connectivity index is 2.32. The standard InChI is InChI=1S/C23H37O2/c1-3-5-7-9-10-13-17-21(16-12-8-6-4-2)20-25-23(24)22-18-14-11-15-19-22/h14-15,18-19,21H,3-10,12-13,16-17,20H2,1-2H3. The van der Waals surface area contributed by atoms with Crippen LogP contribution in [0.1, 0.15) is 101 Å². The molecule has 25 heavy (non-hydrogen) atoms. The molecule has 0 aromatic heterocycles. The Labute approximate surface area is 155 Å². The Hall–Kier alpha value is -1.31. The van der Waals surface area contributed by atoms with E-state index in [1.165, 1.54) is 77.0 Å². The summed E-state index contributed by atoms with van der Waals surface area (Å²) in [5.74, 6) is 0.317. The van der Waals surface area contributed by atoms with E-state index in [-0.39, 0.29) is 5.97 Å². The molecule has 0 spiro atoms. The Morgan fingerprint density at radius 2 is 1.40 bits per heavy atom. The summed E-state index contributed by atoms with van der Waals surface area (Å²) in [5, 5.41) is 0. The Bertz CT molecular complexity index is 427. The number of carbonyl (C=O) groups excluding carboxylic acids is 1. The van der Waals surface area contributed by atoms with Crippen LogP contribution in [0.4, 0.5) is 0 Å². The van der Waals surface area contributed by atoms with Gasteiger partial charge in [0, 0.05) is 0 Å². The molecule has 1 rings (SSSR count). The number of esters is 1. The van der Waals surface area contributed by atoms with E-state index in [1.807, 2.05) is 0 Å². The van der Waals surface area contributed by atoms with E-state index in [1.54, 1.807) is 24.3 Å². The predicted octanol–water partition coefficient (Wildman–Crippen LogP) is 6.98. The van der Waals surface area contributed by atoms with Crippen molar-refractivity contribution in [1.82, 2.24) is 0 Å². The number of unbranched alkanes of at least 4 members (excludes halogenated alkanes) is 8. The first-order chi connectivity index (χ1) is 12.3. The lowest BCUT2D eigenvalue weighted by Crippen LogP contribution is -2.15. The quantitative estimate of drug-likeness (QED) is 0.253. The largest absolute Gasteiger partial charge is 0.462 e. The highest BCUT2D eigenvalue weighted by Crippen LogP contribution is 2.20. The van der Waals surface area contributed by atoms with Crippen LogP contribution in [0.2, 0.25) is 0 Å². The van der Waals surface area contributed by atoms with Crippen LogP contribution in [0, 0.1) is 12.0 Å². The highest BCUT2D eigenvalue weighted by molar-refractivity contribution is 5.89. The van der Waals surface area contributed by atoms with Gasteiger partial charge in [0.25, 0.3) is 0 Å². The first-order valence-corrected chi connectivity index (χ1v) is 10.4. The normalized spacial score (nSPS) is 12.1. The minimum atomic E-state index is -0.199. The summed E-state index contributed by atoms with van der Waals surface area (Å²) in [6, 6.07) is 9.99. The number of carbonyl (C=O) groups is 1. The molecule has 2 nitrogen and oxygen atoms in total. The van der Waals surface area contributed by atoms with Crippen LogP contribution >= 0.6 is 0 Å². The number of ether oxygens (including phenoxy) is 1. The van der Waals surface area contributed by atoms with Gasteiger partial charge in [-0.3, -0.25) is 0 Å². The van der Waals surface area contributed by atoms with Crippen LogP contribution in [0.5, 0.6) is 0 Å². The fourth-order valence-corrected chi connectivity index (χ4v) is 3.18. The number of hydrogen-bond acceptors (Lipinski definition) is 2. The van der Waals surface area contributed by atoms with Gasteiger partial charge in [-0.25, -0.2) is 4.79 Å². The first-order valence-electron chi connectivity index (χ1n) is 10.4. The average Bonchev–Trinajstić information content (AvgIpc) is 2.65. The second kappa shape index (κ2) is 15.0. The number of benzene rings is 1. The van der Waals surface area contributed by atoms with Crippen molar-refractivity contribution in [3.63, 3.8) is 0 Å². The molecule has 0 saturated heterocycles. The third-order valence-corrected chi connectivity index (χ3v) is 4.84. The zero-order valence-corrected chi connectivity index (χ0v) is 16.4. The third kappa shape index (κ3) is 11.0. The van der Waals surface area contributed by atoms with E-state index in [4.69, 9.17) is 4.74 Å². The highest BCUT2D eigenvalue weighted by Gasteiger charge is 2.13. The van der Waals surface area contributed by atoms with E-state index >= 15 is 0 Å². The minimum Gasteiger partial charge on any atom is -0.462 e. The van der Waals surface area contributed by atoms with Crippen molar-refractivity contribution in [1.29, 1.82) is 0 Å². The van der Waals surface area contributed by atoms with E-state index in [0.717, 1.165) is 0 Å². The third-order valence-electron chi connectivity index (χ3n) is 4.84. The SMILES string of the molecule is CCCCCCCCC(CCCCCC)COC(=O)c1cc[c]cc1. The molecular formula is C23H37O2. The number of hydrogen-bond donors (Lipinski definition) is 0. The fourth-order valence-electron chi connectivity index (χ4n) is 3.18.